The number of ether oxygens (including phenoxy) is 2. The van der Waals surface area contributed by atoms with Gasteiger partial charge in [0.2, 0.25) is 5.43 Å². The van der Waals surface area contributed by atoms with E-state index in [2.05, 4.69) is 10.1 Å². The van der Waals surface area contributed by atoms with E-state index >= 15 is 0 Å². The second-order valence-electron chi connectivity index (χ2n) is 8.37. The van der Waals surface area contributed by atoms with Crippen molar-refractivity contribution in [2.24, 2.45) is 7.05 Å². The van der Waals surface area contributed by atoms with Crippen LogP contribution in [0.4, 0.5) is 0 Å². The number of hydrogen-bond donors (Lipinski definition) is 2. The second kappa shape index (κ2) is 11.7. The molecule has 0 aliphatic carbocycles. The van der Waals surface area contributed by atoms with Gasteiger partial charge in [-0.25, -0.2) is 4.79 Å². The molecule has 0 saturated carbocycles. The van der Waals surface area contributed by atoms with Gasteiger partial charge in [0.15, 0.2) is 0 Å². The molecule has 0 aliphatic heterocycles. The number of aliphatic hydroxyl groups excluding tert-OH is 1. The highest BCUT2D eigenvalue weighted by Gasteiger charge is 2.17. The fourth-order valence-electron chi connectivity index (χ4n) is 3.75. The van der Waals surface area contributed by atoms with Crippen LogP contribution in [0.3, 0.4) is 0 Å². The molecule has 1 atom stereocenters. The Hall–Kier alpha value is -3.50. The predicted octanol–water partition coefficient (Wildman–Crippen LogP) is 4.22. The number of halogens is 1. The number of amides is 1. The van der Waals surface area contributed by atoms with Gasteiger partial charge < -0.3 is 24.5 Å². The number of methoxy groups -OCH3 is 1. The van der Waals surface area contributed by atoms with Gasteiger partial charge in [-0.15, -0.1) is 11.3 Å². The minimum absolute atomic E-state index is 0.0283. The molecule has 2 N–H and O–H groups in total. The van der Waals surface area contributed by atoms with E-state index in [-0.39, 0.29) is 30.8 Å². The van der Waals surface area contributed by atoms with Crippen LogP contribution >= 0.6 is 22.9 Å². The van der Waals surface area contributed by atoms with Gasteiger partial charge in [0.05, 0.1) is 31.3 Å². The number of hydrogen-bond acceptors (Lipinski definition) is 7. The lowest BCUT2D eigenvalue weighted by Crippen LogP contribution is -2.29. The Morgan fingerprint density at radius 1 is 1.14 bits per heavy atom. The van der Waals surface area contributed by atoms with Gasteiger partial charge in [-0.05, 0) is 41.5 Å². The van der Waals surface area contributed by atoms with E-state index in [0.29, 0.717) is 21.5 Å². The first-order valence-corrected chi connectivity index (χ1v) is 12.5. The molecule has 37 heavy (non-hydrogen) atoms. The third-order valence-electron chi connectivity index (χ3n) is 5.74. The van der Waals surface area contributed by atoms with Crippen LogP contribution in [0.1, 0.15) is 42.8 Å². The number of aliphatic hydroxyl groups is 1. The summed E-state index contributed by atoms with van der Waals surface area (Å²) >= 11 is 7.28. The summed E-state index contributed by atoms with van der Waals surface area (Å²) in [6.45, 7) is 0.488. The Kier molecular flexibility index (Phi) is 8.40. The minimum Gasteiger partial charge on any atom is -0.465 e. The van der Waals surface area contributed by atoms with E-state index < -0.39 is 18.0 Å². The van der Waals surface area contributed by atoms with Gasteiger partial charge >= 0.3 is 5.97 Å². The van der Waals surface area contributed by atoms with Crippen LogP contribution in [-0.4, -0.2) is 35.3 Å². The largest absolute Gasteiger partial charge is 0.465 e. The molecule has 0 bridgehead atoms. The Balaban J connectivity index is 1.40. The van der Waals surface area contributed by atoms with Crippen molar-refractivity contribution in [3.63, 3.8) is 0 Å². The van der Waals surface area contributed by atoms with Crippen LogP contribution in [0.5, 0.6) is 0 Å². The maximum atomic E-state index is 13.1. The summed E-state index contributed by atoms with van der Waals surface area (Å²) in [6, 6.07) is 15.3. The highest BCUT2D eigenvalue weighted by Crippen LogP contribution is 2.25. The number of rotatable bonds is 9. The smallest absolute Gasteiger partial charge is 0.337 e. The SMILES string of the molecule is COC(=O)c1ccc([C@H](O)COCc2cc3c(=O)c(C(=O)NCc4ccc(Cl)cc4)cn(C)c3s2)cc1. The van der Waals surface area contributed by atoms with Crippen molar-refractivity contribution < 1.29 is 24.2 Å². The zero-order chi connectivity index (χ0) is 26.5. The number of carbonyl (C=O) groups excluding carboxylic acids is 2. The van der Waals surface area contributed by atoms with Crippen molar-refractivity contribution in [3.05, 3.63) is 103 Å². The van der Waals surface area contributed by atoms with Gasteiger partial charge in [-0.3, -0.25) is 9.59 Å². The molecule has 8 nitrogen and oxygen atoms in total. The van der Waals surface area contributed by atoms with Gasteiger partial charge in [-0.1, -0.05) is 35.9 Å². The molecule has 2 heterocycles. The Labute approximate surface area is 222 Å². The number of benzene rings is 2. The topological polar surface area (TPSA) is 107 Å². The van der Waals surface area contributed by atoms with Gasteiger partial charge in [0.25, 0.3) is 5.91 Å². The first-order valence-electron chi connectivity index (χ1n) is 11.4. The molecular weight excluding hydrogens is 516 g/mol. The molecule has 0 radical (unpaired) electrons. The Bertz CT molecular complexity index is 1480. The van der Waals surface area contributed by atoms with Gasteiger partial charge in [0.1, 0.15) is 16.5 Å². The van der Waals surface area contributed by atoms with E-state index in [4.69, 9.17) is 16.3 Å². The molecule has 192 valence electrons. The third kappa shape index (κ3) is 6.26. The summed E-state index contributed by atoms with van der Waals surface area (Å²) in [5, 5.41) is 14.2. The third-order valence-corrected chi connectivity index (χ3v) is 7.19. The number of fused-ring (bicyclic) bond motifs is 1. The van der Waals surface area contributed by atoms with E-state index in [0.717, 1.165) is 15.3 Å². The fraction of sp³-hybridized carbons (Fsp3) is 0.222. The zero-order valence-electron chi connectivity index (χ0n) is 20.2. The summed E-state index contributed by atoms with van der Waals surface area (Å²) in [5.41, 5.74) is 1.57. The molecule has 0 saturated heterocycles. The maximum absolute atomic E-state index is 13.1. The number of thiophene rings is 1. The van der Waals surface area contributed by atoms with Gasteiger partial charge in [-0.2, -0.15) is 0 Å². The van der Waals surface area contributed by atoms with Crippen LogP contribution in [0.2, 0.25) is 5.02 Å². The molecule has 4 aromatic rings. The van der Waals surface area contributed by atoms with E-state index in [1.807, 2.05) is 12.1 Å². The normalized spacial score (nSPS) is 11.9. The number of nitrogens with one attached hydrogen (secondary N) is 1. The van der Waals surface area contributed by atoms with E-state index in [1.54, 1.807) is 54.1 Å². The van der Waals surface area contributed by atoms with Crippen molar-refractivity contribution in [1.82, 2.24) is 9.88 Å². The van der Waals surface area contributed by atoms with Crippen LogP contribution in [-0.2, 0) is 29.7 Å². The lowest BCUT2D eigenvalue weighted by atomic mass is 10.1. The number of aromatic nitrogens is 1. The molecular formula is C27H25ClN2O6S. The van der Waals surface area contributed by atoms with Crippen molar-refractivity contribution in [1.29, 1.82) is 0 Å². The van der Waals surface area contributed by atoms with Crippen LogP contribution in [0, 0.1) is 0 Å². The van der Waals surface area contributed by atoms with Gasteiger partial charge in [0, 0.05) is 29.7 Å². The summed E-state index contributed by atoms with van der Waals surface area (Å²) in [4.78, 5) is 38.9. The van der Waals surface area contributed by atoms with Crippen molar-refractivity contribution >= 4 is 45.0 Å². The van der Waals surface area contributed by atoms with Crippen LogP contribution < -0.4 is 10.7 Å². The molecule has 0 spiro atoms. The highest BCUT2D eigenvalue weighted by molar-refractivity contribution is 7.18. The average Bonchev–Trinajstić information content (AvgIpc) is 3.35. The fourth-order valence-corrected chi connectivity index (χ4v) is 4.90. The molecule has 0 fully saturated rings. The van der Waals surface area contributed by atoms with Crippen LogP contribution in [0.15, 0.2) is 65.6 Å². The number of esters is 1. The van der Waals surface area contributed by atoms with Crippen molar-refractivity contribution in [2.45, 2.75) is 19.3 Å². The number of nitrogens with zero attached hydrogens (tertiary/aromatic N) is 1. The zero-order valence-corrected chi connectivity index (χ0v) is 21.8. The first-order chi connectivity index (χ1) is 17.8. The molecule has 4 rings (SSSR count). The summed E-state index contributed by atoms with van der Waals surface area (Å²) in [5.74, 6) is -0.905. The Morgan fingerprint density at radius 3 is 2.51 bits per heavy atom. The molecule has 0 unspecified atom stereocenters. The highest BCUT2D eigenvalue weighted by atomic mass is 35.5. The maximum Gasteiger partial charge on any atom is 0.337 e. The molecule has 2 aromatic carbocycles. The molecule has 0 aliphatic rings. The Morgan fingerprint density at radius 2 is 1.84 bits per heavy atom. The number of pyridine rings is 1. The summed E-state index contributed by atoms with van der Waals surface area (Å²) in [7, 11) is 3.09. The molecule has 10 heteroatoms. The first kappa shape index (κ1) is 26.6. The number of carbonyl (C=O) groups is 2. The summed E-state index contributed by atoms with van der Waals surface area (Å²) in [6.07, 6.45) is 0.647. The lowest BCUT2D eigenvalue weighted by Gasteiger charge is -2.11. The van der Waals surface area contributed by atoms with Crippen molar-refractivity contribution in [2.75, 3.05) is 13.7 Å². The van der Waals surface area contributed by atoms with E-state index in [9.17, 15) is 19.5 Å². The lowest BCUT2D eigenvalue weighted by molar-refractivity contribution is 0.0287. The summed E-state index contributed by atoms with van der Waals surface area (Å²) < 4.78 is 12.1. The van der Waals surface area contributed by atoms with Crippen LogP contribution in [0.25, 0.3) is 10.2 Å². The van der Waals surface area contributed by atoms with Crippen molar-refractivity contribution in [3.8, 4) is 0 Å². The monoisotopic (exact) mass is 540 g/mol. The standard InChI is InChI=1S/C27H25ClN2O6S/c1-30-13-22(25(33)29-12-16-3-9-19(28)10-4-16)24(32)21-11-20(37-26(21)30)14-36-15-23(31)17-5-7-18(8-6-17)27(34)35-2/h3-11,13,23,31H,12,14-15H2,1-2H3,(H,29,33)/t23-/m1/s1. The molecule has 2 aromatic heterocycles. The predicted molar refractivity (Wildman–Crippen MR) is 142 cm³/mol. The van der Waals surface area contributed by atoms with E-state index in [1.165, 1.54) is 24.6 Å². The minimum atomic E-state index is -0.886. The quantitative estimate of drug-likeness (QED) is 0.308. The average molecular weight is 541 g/mol. The second-order valence-corrected chi connectivity index (χ2v) is 9.92. The molecule has 1 amide bonds. The number of aryl methyl sites for hydroxylation is 1.